The van der Waals surface area contributed by atoms with Gasteiger partial charge in [-0.2, -0.15) is 0 Å². The van der Waals surface area contributed by atoms with Gasteiger partial charge in [-0.3, -0.25) is 24.5 Å². The van der Waals surface area contributed by atoms with Gasteiger partial charge in [0.25, 0.3) is 17.1 Å². The van der Waals surface area contributed by atoms with Crippen LogP contribution >= 0.6 is 27.7 Å². The van der Waals surface area contributed by atoms with Gasteiger partial charge in [0.1, 0.15) is 0 Å². The molecule has 0 radical (unpaired) electrons. The van der Waals surface area contributed by atoms with Gasteiger partial charge in [-0.1, -0.05) is 15.9 Å². The maximum Gasteiger partial charge on any atom is 0.290 e. The molecule has 0 spiro atoms. The van der Waals surface area contributed by atoms with E-state index in [0.29, 0.717) is 27.5 Å². The predicted octanol–water partition coefficient (Wildman–Crippen LogP) is 2.04. The normalized spacial score (nSPS) is 20.9. The van der Waals surface area contributed by atoms with Crippen LogP contribution in [0.1, 0.15) is 12.5 Å². The fourth-order valence-corrected chi connectivity index (χ4v) is 3.38. The molecule has 0 aromatic heterocycles. The topological polar surface area (TPSA) is 83.6 Å². The van der Waals surface area contributed by atoms with Crippen LogP contribution in [-0.2, 0) is 14.4 Å². The van der Waals surface area contributed by atoms with Crippen molar-refractivity contribution in [1.82, 2.24) is 5.32 Å². The second kappa shape index (κ2) is 4.81. The van der Waals surface area contributed by atoms with Gasteiger partial charge in [-0.05, 0) is 30.0 Å². The van der Waals surface area contributed by atoms with Crippen LogP contribution in [-0.4, -0.2) is 23.0 Å². The van der Waals surface area contributed by atoms with E-state index in [1.54, 1.807) is 18.2 Å². The number of benzene rings is 1. The van der Waals surface area contributed by atoms with Crippen LogP contribution in [0.15, 0.2) is 27.6 Å². The maximum atomic E-state index is 12.5. The van der Waals surface area contributed by atoms with Gasteiger partial charge in [0, 0.05) is 17.0 Å². The van der Waals surface area contributed by atoms with Crippen LogP contribution in [0.25, 0.3) is 5.57 Å². The molecule has 1 fully saturated rings. The molecule has 3 rings (SSSR count). The number of carbonyl (C=O) groups is 4. The highest BCUT2D eigenvalue weighted by Crippen LogP contribution is 2.43. The Morgan fingerprint density at radius 2 is 2.00 bits per heavy atom. The minimum Gasteiger partial charge on any atom is -0.282 e. The lowest BCUT2D eigenvalue weighted by molar-refractivity contribution is -0.122. The van der Waals surface area contributed by atoms with E-state index in [4.69, 9.17) is 0 Å². The van der Waals surface area contributed by atoms with Crippen molar-refractivity contribution in [3.05, 3.63) is 33.1 Å². The first-order valence-corrected chi connectivity index (χ1v) is 7.43. The zero-order chi connectivity index (χ0) is 15.3. The Kier molecular flexibility index (Phi) is 3.22. The quantitative estimate of drug-likeness (QED) is 0.710. The van der Waals surface area contributed by atoms with Crippen LogP contribution in [0.2, 0.25) is 0 Å². The minimum absolute atomic E-state index is 0.0214. The average Bonchev–Trinajstić information content (AvgIpc) is 2.85. The molecule has 0 aliphatic carbocycles. The highest BCUT2D eigenvalue weighted by molar-refractivity contribution is 9.10. The van der Waals surface area contributed by atoms with Crippen molar-refractivity contribution in [3.63, 3.8) is 0 Å². The predicted molar refractivity (Wildman–Crippen MR) is 80.4 cm³/mol. The lowest BCUT2D eigenvalue weighted by Crippen LogP contribution is -2.31. The van der Waals surface area contributed by atoms with E-state index in [9.17, 15) is 19.2 Å². The molecule has 1 saturated heterocycles. The Bertz CT molecular complexity index is 771. The highest BCUT2D eigenvalue weighted by atomic mass is 79.9. The van der Waals surface area contributed by atoms with E-state index >= 15 is 0 Å². The van der Waals surface area contributed by atoms with E-state index < -0.39 is 23.0 Å². The summed E-state index contributed by atoms with van der Waals surface area (Å²) in [6.07, 6.45) is 0. The third-order valence-corrected chi connectivity index (χ3v) is 4.42. The molecule has 106 valence electrons. The van der Waals surface area contributed by atoms with Crippen molar-refractivity contribution in [3.8, 4) is 0 Å². The molecular formula is C13H7BrN2O4S. The standard InChI is InChI=1S/C13H7BrN2O4S/c1-5(17)16-8-3-2-6(14)4-7(8)9(12(16)19)10-11(18)15-13(20)21-10/h2-4H,1H3,(H,15,18,20)/b10-9-. The molecule has 2 aliphatic rings. The summed E-state index contributed by atoms with van der Waals surface area (Å²) in [7, 11) is 0. The molecule has 2 heterocycles. The number of carbonyl (C=O) groups excluding carboxylic acids is 4. The summed E-state index contributed by atoms with van der Waals surface area (Å²) < 4.78 is 0.701. The van der Waals surface area contributed by atoms with Gasteiger partial charge >= 0.3 is 0 Å². The molecule has 4 amide bonds. The fraction of sp³-hybridized carbons (Fsp3) is 0.0769. The molecule has 8 heteroatoms. The van der Waals surface area contributed by atoms with Gasteiger partial charge < -0.3 is 0 Å². The van der Waals surface area contributed by atoms with E-state index in [-0.39, 0.29) is 10.5 Å². The highest BCUT2D eigenvalue weighted by Gasteiger charge is 2.41. The number of imide groups is 2. The fourth-order valence-electron chi connectivity index (χ4n) is 2.25. The molecule has 0 saturated carbocycles. The first kappa shape index (κ1) is 14.0. The number of halogens is 1. The number of hydrogen-bond donors (Lipinski definition) is 1. The average molecular weight is 367 g/mol. The van der Waals surface area contributed by atoms with Crippen molar-refractivity contribution in [2.24, 2.45) is 0 Å². The summed E-state index contributed by atoms with van der Waals surface area (Å²) >= 11 is 3.96. The Hall–Kier alpha value is -1.93. The largest absolute Gasteiger partial charge is 0.290 e. The second-order valence-electron chi connectivity index (χ2n) is 4.37. The van der Waals surface area contributed by atoms with Gasteiger partial charge in [0.05, 0.1) is 16.2 Å². The van der Waals surface area contributed by atoms with Gasteiger partial charge in [-0.15, -0.1) is 0 Å². The number of nitrogens with zero attached hydrogens (tertiary/aromatic N) is 1. The van der Waals surface area contributed by atoms with E-state index in [1.165, 1.54) is 6.92 Å². The smallest absolute Gasteiger partial charge is 0.282 e. The first-order valence-electron chi connectivity index (χ1n) is 5.82. The zero-order valence-electron chi connectivity index (χ0n) is 10.6. The number of amides is 4. The zero-order valence-corrected chi connectivity index (χ0v) is 13.0. The second-order valence-corrected chi connectivity index (χ2v) is 6.27. The van der Waals surface area contributed by atoms with E-state index in [0.717, 1.165) is 4.90 Å². The van der Waals surface area contributed by atoms with E-state index in [1.807, 2.05) is 0 Å². The molecule has 1 aromatic rings. The van der Waals surface area contributed by atoms with Gasteiger partial charge in [0.15, 0.2) is 0 Å². The summed E-state index contributed by atoms with van der Waals surface area (Å²) in [5.41, 5.74) is 0.942. The molecule has 0 unspecified atom stereocenters. The monoisotopic (exact) mass is 366 g/mol. The number of hydrogen-bond acceptors (Lipinski definition) is 5. The van der Waals surface area contributed by atoms with Crippen molar-refractivity contribution >= 4 is 61.9 Å². The molecule has 21 heavy (non-hydrogen) atoms. The number of thioether (sulfide) groups is 1. The van der Waals surface area contributed by atoms with Crippen LogP contribution in [0.3, 0.4) is 0 Å². The lowest BCUT2D eigenvalue weighted by Gasteiger charge is -2.11. The lowest BCUT2D eigenvalue weighted by atomic mass is 10.1. The van der Waals surface area contributed by atoms with Crippen LogP contribution in [0, 0.1) is 0 Å². The van der Waals surface area contributed by atoms with E-state index in [2.05, 4.69) is 21.2 Å². The third kappa shape index (κ3) is 2.11. The SMILES string of the molecule is CC(=O)N1C(=O)/C(=C2\SC(=O)NC2=O)c2cc(Br)ccc21. The van der Waals surface area contributed by atoms with Crippen molar-refractivity contribution in [1.29, 1.82) is 0 Å². The summed E-state index contributed by atoms with van der Waals surface area (Å²) in [4.78, 5) is 48.3. The molecular weight excluding hydrogens is 360 g/mol. The van der Waals surface area contributed by atoms with Crippen LogP contribution < -0.4 is 10.2 Å². The number of fused-ring (bicyclic) bond motifs is 1. The van der Waals surface area contributed by atoms with Crippen molar-refractivity contribution in [2.75, 3.05) is 4.90 Å². The number of anilines is 1. The molecule has 2 aliphatic heterocycles. The summed E-state index contributed by atoms with van der Waals surface area (Å²) in [5.74, 6) is -1.67. The third-order valence-electron chi connectivity index (χ3n) is 3.04. The molecule has 0 atom stereocenters. The summed E-state index contributed by atoms with van der Waals surface area (Å²) in [6.45, 7) is 1.27. The maximum absolute atomic E-state index is 12.5. The summed E-state index contributed by atoms with van der Waals surface area (Å²) in [5, 5.41) is 1.58. The van der Waals surface area contributed by atoms with Crippen molar-refractivity contribution in [2.45, 2.75) is 6.92 Å². The van der Waals surface area contributed by atoms with Gasteiger partial charge in [-0.25, -0.2) is 4.90 Å². The minimum atomic E-state index is -0.621. The Morgan fingerprint density at radius 3 is 2.57 bits per heavy atom. The molecule has 1 aromatic carbocycles. The van der Waals surface area contributed by atoms with Gasteiger partial charge in [0.2, 0.25) is 5.91 Å². The Balaban J connectivity index is 2.29. The summed E-state index contributed by atoms with van der Waals surface area (Å²) in [6, 6.07) is 4.96. The van der Waals surface area contributed by atoms with Crippen LogP contribution in [0.4, 0.5) is 10.5 Å². The molecule has 1 N–H and O–H groups in total. The number of rotatable bonds is 0. The molecule has 0 bridgehead atoms. The first-order chi connectivity index (χ1) is 9.90. The van der Waals surface area contributed by atoms with Crippen LogP contribution in [0.5, 0.6) is 0 Å². The van der Waals surface area contributed by atoms with Crippen molar-refractivity contribution < 1.29 is 19.2 Å². The Morgan fingerprint density at radius 1 is 1.29 bits per heavy atom. The molecule has 6 nitrogen and oxygen atoms in total. The Labute approximate surface area is 131 Å². The number of nitrogens with one attached hydrogen (secondary N) is 1.